The van der Waals surface area contributed by atoms with Gasteiger partial charge in [0.2, 0.25) is 0 Å². The quantitative estimate of drug-likeness (QED) is 0.359. The van der Waals surface area contributed by atoms with Crippen molar-refractivity contribution in [1.29, 1.82) is 0 Å². The van der Waals surface area contributed by atoms with E-state index in [9.17, 15) is 0 Å². The van der Waals surface area contributed by atoms with E-state index in [-0.39, 0.29) is 0 Å². The molecular formula is C23H34N6O2. The third kappa shape index (κ3) is 6.97. The predicted molar refractivity (Wildman–Crippen MR) is 123 cm³/mol. The number of morpholine rings is 1. The first-order valence-electron chi connectivity index (χ1n) is 11.4. The van der Waals surface area contributed by atoms with Crippen LogP contribution < -0.4 is 15.5 Å². The summed E-state index contributed by atoms with van der Waals surface area (Å²) in [6, 6.07) is 10.4. The lowest BCUT2D eigenvalue weighted by Crippen LogP contribution is -2.45. The van der Waals surface area contributed by atoms with Crippen LogP contribution in [0.15, 0.2) is 52.2 Å². The molecule has 0 spiro atoms. The van der Waals surface area contributed by atoms with Crippen LogP contribution in [0.4, 0.5) is 5.82 Å². The monoisotopic (exact) mass is 426 g/mol. The van der Waals surface area contributed by atoms with Crippen molar-refractivity contribution in [2.24, 2.45) is 4.99 Å². The van der Waals surface area contributed by atoms with Crippen LogP contribution in [0.1, 0.15) is 18.6 Å². The van der Waals surface area contributed by atoms with Crippen molar-refractivity contribution in [3.63, 3.8) is 0 Å². The summed E-state index contributed by atoms with van der Waals surface area (Å²) in [5, 5.41) is 7.13. The fourth-order valence-electron chi connectivity index (χ4n) is 4.04. The van der Waals surface area contributed by atoms with E-state index in [0.717, 1.165) is 95.8 Å². The van der Waals surface area contributed by atoms with E-state index in [4.69, 9.17) is 14.1 Å². The molecule has 2 aliphatic heterocycles. The summed E-state index contributed by atoms with van der Waals surface area (Å²) in [7, 11) is 0. The molecule has 2 fully saturated rings. The van der Waals surface area contributed by atoms with Crippen LogP contribution in [-0.2, 0) is 11.2 Å². The Balaban J connectivity index is 1.27. The minimum Gasteiger partial charge on any atom is -0.469 e. The molecule has 1 atom stereocenters. The largest absolute Gasteiger partial charge is 0.469 e. The first kappa shape index (κ1) is 21.6. The fraction of sp³-hybridized carbons (Fsp3) is 0.565. The summed E-state index contributed by atoms with van der Waals surface area (Å²) in [6.07, 6.45) is 6.54. The van der Waals surface area contributed by atoms with Gasteiger partial charge >= 0.3 is 0 Å². The molecule has 2 aliphatic rings. The number of aliphatic imine (C=N–C) groups is 1. The van der Waals surface area contributed by atoms with Crippen molar-refractivity contribution in [2.45, 2.75) is 25.3 Å². The van der Waals surface area contributed by atoms with Gasteiger partial charge < -0.3 is 24.7 Å². The zero-order chi connectivity index (χ0) is 21.1. The average Bonchev–Trinajstić information content (AvgIpc) is 3.50. The molecule has 0 aromatic carbocycles. The zero-order valence-electron chi connectivity index (χ0n) is 18.2. The van der Waals surface area contributed by atoms with Gasteiger partial charge in [0.1, 0.15) is 11.6 Å². The predicted octanol–water partition coefficient (Wildman–Crippen LogP) is 1.75. The summed E-state index contributed by atoms with van der Waals surface area (Å²) in [6.45, 7) is 8.36. The molecule has 4 rings (SSSR count). The number of rotatable bonds is 9. The number of guanidine groups is 1. The van der Waals surface area contributed by atoms with Crippen molar-refractivity contribution in [3.8, 4) is 0 Å². The van der Waals surface area contributed by atoms with Crippen molar-refractivity contribution in [3.05, 3.63) is 48.6 Å². The highest BCUT2D eigenvalue weighted by Gasteiger charge is 2.24. The SMILES string of the molecule is c1ccc(N2CCC(NC(=NCCCN3CCOCC3)NCCc3ccco3)C2)nc1. The zero-order valence-corrected chi connectivity index (χ0v) is 18.2. The van der Waals surface area contributed by atoms with Gasteiger partial charge in [0, 0.05) is 64.5 Å². The standard InChI is InChI=1S/C23H34N6O2/c1-2-9-24-22(6-1)29-13-8-20(19-29)27-23(26-11-7-21-5-3-16-31-21)25-10-4-12-28-14-17-30-18-15-28/h1-3,5-6,9,16,20H,4,7-8,10-15,17-19H2,(H2,25,26,27). The number of pyridine rings is 1. The van der Waals surface area contributed by atoms with Crippen LogP contribution in [0.3, 0.4) is 0 Å². The van der Waals surface area contributed by atoms with Gasteiger partial charge in [-0.15, -0.1) is 0 Å². The van der Waals surface area contributed by atoms with E-state index < -0.39 is 0 Å². The van der Waals surface area contributed by atoms with Gasteiger partial charge in [0.05, 0.1) is 19.5 Å². The van der Waals surface area contributed by atoms with Crippen molar-refractivity contribution in [1.82, 2.24) is 20.5 Å². The first-order chi connectivity index (χ1) is 15.4. The normalized spacial score (nSPS) is 20.2. The number of ether oxygens (including phenoxy) is 1. The van der Waals surface area contributed by atoms with Gasteiger partial charge in [-0.3, -0.25) is 9.89 Å². The Labute approximate surface area is 184 Å². The third-order valence-electron chi connectivity index (χ3n) is 5.75. The highest BCUT2D eigenvalue weighted by atomic mass is 16.5. The minimum absolute atomic E-state index is 0.358. The van der Waals surface area contributed by atoms with E-state index in [0.29, 0.717) is 6.04 Å². The molecule has 0 amide bonds. The summed E-state index contributed by atoms with van der Waals surface area (Å²) in [5.41, 5.74) is 0. The van der Waals surface area contributed by atoms with Gasteiger partial charge in [0.15, 0.2) is 5.96 Å². The molecule has 2 aromatic heterocycles. The van der Waals surface area contributed by atoms with Crippen LogP contribution in [0.2, 0.25) is 0 Å². The molecule has 0 bridgehead atoms. The molecule has 2 saturated heterocycles. The highest BCUT2D eigenvalue weighted by molar-refractivity contribution is 5.80. The molecule has 2 N–H and O–H groups in total. The van der Waals surface area contributed by atoms with Crippen LogP contribution in [0, 0.1) is 0 Å². The molecule has 8 heteroatoms. The van der Waals surface area contributed by atoms with E-state index in [1.54, 1.807) is 6.26 Å². The summed E-state index contributed by atoms with van der Waals surface area (Å²) in [5.74, 6) is 2.92. The van der Waals surface area contributed by atoms with Gasteiger partial charge in [-0.1, -0.05) is 6.07 Å². The minimum atomic E-state index is 0.358. The lowest BCUT2D eigenvalue weighted by molar-refractivity contribution is 0.0377. The van der Waals surface area contributed by atoms with Gasteiger partial charge in [-0.2, -0.15) is 0 Å². The van der Waals surface area contributed by atoms with Crippen LogP contribution in [0.25, 0.3) is 0 Å². The topological polar surface area (TPSA) is 78.2 Å². The lowest BCUT2D eigenvalue weighted by atomic mass is 10.2. The Hall–Kier alpha value is -2.58. The maximum Gasteiger partial charge on any atom is 0.191 e. The number of anilines is 1. The highest BCUT2D eigenvalue weighted by Crippen LogP contribution is 2.17. The molecule has 0 radical (unpaired) electrons. The van der Waals surface area contributed by atoms with E-state index in [1.807, 2.05) is 30.5 Å². The molecule has 4 heterocycles. The molecule has 0 aliphatic carbocycles. The fourth-order valence-corrected chi connectivity index (χ4v) is 4.04. The summed E-state index contributed by atoms with van der Waals surface area (Å²) < 4.78 is 10.9. The second kappa shape index (κ2) is 11.7. The molecule has 31 heavy (non-hydrogen) atoms. The number of furan rings is 1. The summed E-state index contributed by atoms with van der Waals surface area (Å²) >= 11 is 0. The smallest absolute Gasteiger partial charge is 0.191 e. The van der Waals surface area contributed by atoms with Gasteiger partial charge in [-0.05, 0) is 37.1 Å². The lowest BCUT2D eigenvalue weighted by Gasteiger charge is -2.26. The molecule has 0 saturated carbocycles. The Morgan fingerprint density at radius 3 is 2.90 bits per heavy atom. The molecule has 2 aromatic rings. The number of nitrogens with one attached hydrogen (secondary N) is 2. The van der Waals surface area contributed by atoms with E-state index in [2.05, 4.69) is 31.5 Å². The molecule has 8 nitrogen and oxygen atoms in total. The second-order valence-electron chi connectivity index (χ2n) is 8.06. The van der Waals surface area contributed by atoms with Crippen LogP contribution >= 0.6 is 0 Å². The number of hydrogen-bond acceptors (Lipinski definition) is 6. The van der Waals surface area contributed by atoms with Gasteiger partial charge in [0.25, 0.3) is 0 Å². The maximum atomic E-state index is 5.45. The Morgan fingerprint density at radius 2 is 2.10 bits per heavy atom. The average molecular weight is 427 g/mol. The Morgan fingerprint density at radius 1 is 1.16 bits per heavy atom. The van der Waals surface area contributed by atoms with E-state index in [1.165, 1.54) is 0 Å². The Kier molecular flexibility index (Phi) is 8.18. The Bertz CT molecular complexity index is 777. The molecular weight excluding hydrogens is 392 g/mol. The first-order valence-corrected chi connectivity index (χ1v) is 11.4. The van der Waals surface area contributed by atoms with Crippen molar-refractivity contribution < 1.29 is 9.15 Å². The van der Waals surface area contributed by atoms with E-state index >= 15 is 0 Å². The van der Waals surface area contributed by atoms with Gasteiger partial charge in [-0.25, -0.2) is 4.98 Å². The van der Waals surface area contributed by atoms with Crippen LogP contribution in [-0.4, -0.2) is 80.9 Å². The molecule has 1 unspecified atom stereocenters. The number of nitrogens with zero attached hydrogens (tertiary/aromatic N) is 4. The maximum absolute atomic E-state index is 5.45. The summed E-state index contributed by atoms with van der Waals surface area (Å²) in [4.78, 5) is 14.1. The third-order valence-corrected chi connectivity index (χ3v) is 5.75. The second-order valence-corrected chi connectivity index (χ2v) is 8.06. The number of aromatic nitrogens is 1. The number of hydrogen-bond donors (Lipinski definition) is 2. The van der Waals surface area contributed by atoms with Crippen molar-refractivity contribution in [2.75, 3.05) is 63.9 Å². The molecule has 168 valence electrons. The van der Waals surface area contributed by atoms with Crippen LogP contribution in [0.5, 0.6) is 0 Å². The van der Waals surface area contributed by atoms with Crippen molar-refractivity contribution >= 4 is 11.8 Å².